The fourth-order valence-corrected chi connectivity index (χ4v) is 2.68. The molecule has 0 saturated carbocycles. The standard InChI is InChI=1S/C15H29N5O3S/c1-5-13-12(14(6-2)23-20-13)11-18-15(16-7-3)17-9-8-10-19-24(4,21)22/h19H,5-11H2,1-4H3,(H2,16,17,18). The first kappa shape index (κ1) is 20.4. The average molecular weight is 359 g/mol. The van der Waals surface area contributed by atoms with E-state index in [1.165, 1.54) is 0 Å². The minimum atomic E-state index is -3.13. The van der Waals surface area contributed by atoms with E-state index in [2.05, 4.69) is 25.5 Å². The third kappa shape index (κ3) is 7.31. The maximum atomic E-state index is 11.0. The zero-order valence-corrected chi connectivity index (χ0v) is 15.8. The molecule has 0 aromatic carbocycles. The van der Waals surface area contributed by atoms with Crippen LogP contribution < -0.4 is 15.4 Å². The topological polar surface area (TPSA) is 109 Å². The van der Waals surface area contributed by atoms with Gasteiger partial charge in [-0.2, -0.15) is 0 Å². The largest absolute Gasteiger partial charge is 0.361 e. The van der Waals surface area contributed by atoms with Gasteiger partial charge < -0.3 is 15.2 Å². The van der Waals surface area contributed by atoms with Crippen LogP contribution in [0.4, 0.5) is 0 Å². The summed E-state index contributed by atoms with van der Waals surface area (Å²) in [6.45, 7) is 8.35. The predicted molar refractivity (Wildman–Crippen MR) is 95.5 cm³/mol. The Morgan fingerprint density at radius 1 is 1.17 bits per heavy atom. The maximum Gasteiger partial charge on any atom is 0.208 e. The number of guanidine groups is 1. The van der Waals surface area contributed by atoms with Crippen molar-refractivity contribution in [3.63, 3.8) is 0 Å². The Balaban J connectivity index is 2.58. The van der Waals surface area contributed by atoms with E-state index >= 15 is 0 Å². The van der Waals surface area contributed by atoms with Crippen molar-refractivity contribution in [2.75, 3.05) is 25.9 Å². The van der Waals surface area contributed by atoms with Crippen molar-refractivity contribution >= 4 is 16.0 Å². The van der Waals surface area contributed by atoms with Gasteiger partial charge >= 0.3 is 0 Å². The number of sulfonamides is 1. The van der Waals surface area contributed by atoms with E-state index in [4.69, 9.17) is 4.52 Å². The lowest BCUT2D eigenvalue weighted by Gasteiger charge is -2.11. The van der Waals surface area contributed by atoms with Crippen LogP contribution in [-0.4, -0.2) is 45.4 Å². The molecule has 8 nitrogen and oxygen atoms in total. The average Bonchev–Trinajstić information content (AvgIpc) is 2.93. The van der Waals surface area contributed by atoms with E-state index in [9.17, 15) is 8.42 Å². The van der Waals surface area contributed by atoms with Crippen LogP contribution in [0, 0.1) is 0 Å². The highest BCUT2D eigenvalue weighted by Crippen LogP contribution is 2.16. The van der Waals surface area contributed by atoms with Gasteiger partial charge in [0.1, 0.15) is 5.76 Å². The highest BCUT2D eigenvalue weighted by Gasteiger charge is 2.13. The van der Waals surface area contributed by atoms with Crippen molar-refractivity contribution < 1.29 is 12.9 Å². The van der Waals surface area contributed by atoms with Gasteiger partial charge in [0.05, 0.1) is 18.5 Å². The molecule has 1 rings (SSSR count). The summed E-state index contributed by atoms with van der Waals surface area (Å²) in [6.07, 6.45) is 3.43. The van der Waals surface area contributed by atoms with Crippen molar-refractivity contribution in [2.24, 2.45) is 4.99 Å². The Morgan fingerprint density at radius 2 is 1.92 bits per heavy atom. The van der Waals surface area contributed by atoms with Gasteiger partial charge in [0.2, 0.25) is 10.0 Å². The first-order valence-corrected chi connectivity index (χ1v) is 10.2. The number of hydrogen-bond acceptors (Lipinski definition) is 5. The van der Waals surface area contributed by atoms with Crippen molar-refractivity contribution in [3.05, 3.63) is 17.0 Å². The monoisotopic (exact) mass is 359 g/mol. The zero-order chi connectivity index (χ0) is 18.0. The molecule has 1 aromatic rings. The number of rotatable bonds is 10. The molecule has 9 heteroatoms. The van der Waals surface area contributed by atoms with Gasteiger partial charge in [-0.05, 0) is 19.8 Å². The molecule has 0 fully saturated rings. The van der Waals surface area contributed by atoms with Crippen LogP contribution in [0.25, 0.3) is 0 Å². The molecule has 3 N–H and O–H groups in total. The minimum absolute atomic E-state index is 0.400. The van der Waals surface area contributed by atoms with Crippen LogP contribution in [0.15, 0.2) is 9.52 Å². The molecule has 1 aromatic heterocycles. The lowest BCUT2D eigenvalue weighted by molar-refractivity contribution is 0.380. The fourth-order valence-electron chi connectivity index (χ4n) is 2.17. The number of aromatic nitrogens is 1. The Morgan fingerprint density at radius 3 is 2.50 bits per heavy atom. The molecule has 24 heavy (non-hydrogen) atoms. The highest BCUT2D eigenvalue weighted by molar-refractivity contribution is 7.88. The van der Waals surface area contributed by atoms with Crippen molar-refractivity contribution in [1.29, 1.82) is 0 Å². The van der Waals surface area contributed by atoms with Crippen LogP contribution in [-0.2, 0) is 29.4 Å². The molecule has 0 radical (unpaired) electrons. The number of nitrogens with zero attached hydrogens (tertiary/aromatic N) is 2. The smallest absolute Gasteiger partial charge is 0.208 e. The number of hydrogen-bond donors (Lipinski definition) is 3. The van der Waals surface area contributed by atoms with Crippen LogP contribution in [0.5, 0.6) is 0 Å². The van der Waals surface area contributed by atoms with Crippen molar-refractivity contribution in [1.82, 2.24) is 20.5 Å². The second kappa shape index (κ2) is 10.3. The van der Waals surface area contributed by atoms with Gasteiger partial charge in [0.25, 0.3) is 0 Å². The van der Waals surface area contributed by atoms with Crippen LogP contribution in [0.2, 0.25) is 0 Å². The van der Waals surface area contributed by atoms with Crippen LogP contribution in [0.3, 0.4) is 0 Å². The van der Waals surface area contributed by atoms with E-state index in [-0.39, 0.29) is 0 Å². The second-order valence-corrected chi connectivity index (χ2v) is 7.21. The first-order valence-electron chi connectivity index (χ1n) is 8.34. The lowest BCUT2D eigenvalue weighted by atomic mass is 10.1. The van der Waals surface area contributed by atoms with E-state index in [0.29, 0.717) is 32.0 Å². The third-order valence-corrected chi connectivity index (χ3v) is 4.09. The summed E-state index contributed by atoms with van der Waals surface area (Å²) in [5.74, 6) is 1.57. The molecule has 0 spiro atoms. The van der Waals surface area contributed by atoms with Gasteiger partial charge in [0, 0.05) is 31.6 Å². The van der Waals surface area contributed by atoms with E-state index in [0.717, 1.165) is 42.7 Å². The predicted octanol–water partition coefficient (Wildman–Crippen LogP) is 0.794. The number of aryl methyl sites for hydroxylation is 2. The summed E-state index contributed by atoms with van der Waals surface area (Å²) in [6, 6.07) is 0. The Bertz CT molecular complexity index is 604. The van der Waals surface area contributed by atoms with E-state index in [1.807, 2.05) is 20.8 Å². The molecule has 0 unspecified atom stereocenters. The summed E-state index contributed by atoms with van der Waals surface area (Å²) in [7, 11) is -3.13. The summed E-state index contributed by atoms with van der Waals surface area (Å²) in [5, 5.41) is 10.5. The molecular formula is C15H29N5O3S. The van der Waals surface area contributed by atoms with Crippen molar-refractivity contribution in [2.45, 2.75) is 46.6 Å². The maximum absolute atomic E-state index is 11.0. The molecule has 138 valence electrons. The molecule has 1 heterocycles. The second-order valence-electron chi connectivity index (χ2n) is 5.38. The SMILES string of the molecule is CCNC(=NCc1c(CC)noc1CC)NCCCNS(C)(=O)=O. The van der Waals surface area contributed by atoms with Gasteiger partial charge in [-0.1, -0.05) is 19.0 Å². The Labute approximate surface area is 144 Å². The van der Waals surface area contributed by atoms with E-state index in [1.54, 1.807) is 0 Å². The molecule has 0 saturated heterocycles. The van der Waals surface area contributed by atoms with Gasteiger partial charge in [-0.3, -0.25) is 0 Å². The fraction of sp³-hybridized carbons (Fsp3) is 0.733. The number of nitrogens with one attached hydrogen (secondary N) is 3. The third-order valence-electron chi connectivity index (χ3n) is 3.36. The van der Waals surface area contributed by atoms with Gasteiger partial charge in [-0.15, -0.1) is 0 Å². The first-order chi connectivity index (χ1) is 11.4. The Kier molecular flexibility index (Phi) is 8.77. The lowest BCUT2D eigenvalue weighted by Crippen LogP contribution is -2.38. The van der Waals surface area contributed by atoms with Crippen LogP contribution in [0.1, 0.15) is 44.2 Å². The molecule has 0 bridgehead atoms. The van der Waals surface area contributed by atoms with Gasteiger partial charge in [-0.25, -0.2) is 18.1 Å². The van der Waals surface area contributed by atoms with E-state index < -0.39 is 10.0 Å². The van der Waals surface area contributed by atoms with Crippen LogP contribution >= 0.6 is 0 Å². The summed E-state index contributed by atoms with van der Waals surface area (Å²) in [4.78, 5) is 4.58. The summed E-state index contributed by atoms with van der Waals surface area (Å²) in [5.41, 5.74) is 2.00. The molecule has 0 amide bonds. The highest BCUT2D eigenvalue weighted by atomic mass is 32.2. The van der Waals surface area contributed by atoms with Crippen molar-refractivity contribution in [3.8, 4) is 0 Å². The summed E-state index contributed by atoms with van der Waals surface area (Å²) >= 11 is 0. The normalized spacial score (nSPS) is 12.4. The molecule has 0 aliphatic carbocycles. The summed E-state index contributed by atoms with van der Waals surface area (Å²) < 4.78 is 29.8. The van der Waals surface area contributed by atoms with Gasteiger partial charge in [0.15, 0.2) is 5.96 Å². The zero-order valence-electron chi connectivity index (χ0n) is 15.0. The molecule has 0 aliphatic heterocycles. The molecule has 0 atom stereocenters. The number of aliphatic imine (C=N–C) groups is 1. The quantitative estimate of drug-likeness (QED) is 0.324. The molecule has 0 aliphatic rings. The Hall–Kier alpha value is -1.61. The minimum Gasteiger partial charge on any atom is -0.361 e. The molecular weight excluding hydrogens is 330 g/mol.